The summed E-state index contributed by atoms with van der Waals surface area (Å²) in [5.41, 5.74) is 0.402. The van der Waals surface area contributed by atoms with Crippen LogP contribution in [-0.2, 0) is 16.0 Å². The van der Waals surface area contributed by atoms with Gasteiger partial charge in [0.15, 0.2) is 0 Å². The maximum absolute atomic E-state index is 13.1. The molecule has 0 aliphatic heterocycles. The average molecular weight is 262 g/mol. The van der Waals surface area contributed by atoms with E-state index in [1.165, 1.54) is 6.07 Å². The van der Waals surface area contributed by atoms with Gasteiger partial charge in [-0.3, -0.25) is 4.79 Å². The monoisotopic (exact) mass is 262 g/mol. The lowest BCUT2D eigenvalue weighted by atomic mass is 10.1. The van der Waals surface area contributed by atoms with Crippen molar-refractivity contribution in [1.29, 1.82) is 0 Å². The molecule has 0 N–H and O–H groups in total. The van der Waals surface area contributed by atoms with E-state index < -0.39 is 18.4 Å². The largest absolute Gasteiger partial charge is 0.466 e. The number of rotatable bonds is 6. The third kappa shape index (κ3) is 5.07. The lowest BCUT2D eigenvalue weighted by molar-refractivity contribution is -0.143. The molecule has 0 saturated heterocycles. The topological polar surface area (TPSA) is 35.5 Å². The normalized spacial score (nSPS) is 10.5. The van der Waals surface area contributed by atoms with Gasteiger partial charge in [0.1, 0.15) is 11.6 Å². The molecule has 0 aliphatic carbocycles. The molecule has 0 amide bonds. The van der Waals surface area contributed by atoms with Gasteiger partial charge in [0.25, 0.3) is 0 Å². The summed E-state index contributed by atoms with van der Waals surface area (Å²) in [7, 11) is 0. The minimum absolute atomic E-state index is 0.0609. The van der Waals surface area contributed by atoms with Crippen LogP contribution >= 0.6 is 0 Å². The summed E-state index contributed by atoms with van der Waals surface area (Å²) in [6.45, 7) is -1.07. The molecule has 0 bridgehead atoms. The van der Waals surface area contributed by atoms with Crippen LogP contribution in [0.25, 0.3) is 0 Å². The summed E-state index contributed by atoms with van der Waals surface area (Å²) in [5.74, 6) is -1.37. The Labute approximate surface area is 103 Å². The Morgan fingerprint density at radius 3 is 2.67 bits per heavy atom. The van der Waals surface area contributed by atoms with Crippen molar-refractivity contribution in [2.45, 2.75) is 26.4 Å². The minimum atomic E-state index is -3.01. The molecule has 0 aliphatic rings. The van der Waals surface area contributed by atoms with Crippen LogP contribution in [-0.4, -0.2) is 19.2 Å². The van der Waals surface area contributed by atoms with Crippen molar-refractivity contribution in [3.8, 4) is 5.75 Å². The number of ether oxygens (including phenoxy) is 2. The molecule has 0 aromatic heterocycles. The lowest BCUT2D eigenvalue weighted by Crippen LogP contribution is -2.06. The van der Waals surface area contributed by atoms with Crippen LogP contribution in [0, 0.1) is 5.82 Å². The lowest BCUT2D eigenvalue weighted by Gasteiger charge is -2.07. The van der Waals surface area contributed by atoms with Crippen molar-refractivity contribution >= 4 is 5.97 Å². The first-order chi connectivity index (χ1) is 8.51. The number of alkyl halides is 2. The highest BCUT2D eigenvalue weighted by atomic mass is 19.3. The van der Waals surface area contributed by atoms with E-state index in [0.29, 0.717) is 5.56 Å². The second kappa shape index (κ2) is 6.88. The molecule has 0 spiro atoms. The van der Waals surface area contributed by atoms with Gasteiger partial charge in [-0.2, -0.15) is 8.78 Å². The molecular weight excluding hydrogens is 249 g/mol. The summed E-state index contributed by atoms with van der Waals surface area (Å²) >= 11 is 0. The second-order valence-corrected chi connectivity index (χ2v) is 3.48. The number of carbonyl (C=O) groups excluding carboxylic acids is 1. The van der Waals surface area contributed by atoms with Crippen molar-refractivity contribution in [3.05, 3.63) is 29.6 Å². The van der Waals surface area contributed by atoms with E-state index in [1.807, 2.05) is 0 Å². The van der Waals surface area contributed by atoms with Crippen molar-refractivity contribution in [3.63, 3.8) is 0 Å². The Hall–Kier alpha value is -1.72. The SMILES string of the molecule is CCOC(=O)CCc1cc(F)cc(OC(F)F)c1. The number of hydrogen-bond acceptors (Lipinski definition) is 3. The maximum Gasteiger partial charge on any atom is 0.387 e. The molecule has 1 aromatic carbocycles. The second-order valence-electron chi connectivity index (χ2n) is 3.48. The van der Waals surface area contributed by atoms with E-state index in [9.17, 15) is 18.0 Å². The number of benzene rings is 1. The molecular formula is C12H13F3O3. The summed E-state index contributed by atoms with van der Waals surface area (Å²) in [6, 6.07) is 3.30. The average Bonchev–Trinajstić information content (AvgIpc) is 2.25. The van der Waals surface area contributed by atoms with E-state index >= 15 is 0 Å². The summed E-state index contributed by atoms with van der Waals surface area (Å²) in [5, 5.41) is 0. The Morgan fingerprint density at radius 2 is 2.06 bits per heavy atom. The summed E-state index contributed by atoms with van der Waals surface area (Å²) in [4.78, 5) is 11.1. The van der Waals surface area contributed by atoms with E-state index in [2.05, 4.69) is 4.74 Å². The van der Waals surface area contributed by atoms with E-state index in [0.717, 1.165) is 12.1 Å². The van der Waals surface area contributed by atoms with Crippen LogP contribution in [0.5, 0.6) is 5.75 Å². The van der Waals surface area contributed by atoms with Crippen LogP contribution in [0.3, 0.4) is 0 Å². The van der Waals surface area contributed by atoms with Crippen molar-refractivity contribution in [1.82, 2.24) is 0 Å². The Balaban J connectivity index is 2.65. The zero-order valence-corrected chi connectivity index (χ0v) is 9.79. The van der Waals surface area contributed by atoms with Crippen molar-refractivity contribution < 1.29 is 27.4 Å². The fraction of sp³-hybridized carbons (Fsp3) is 0.417. The third-order valence-electron chi connectivity index (χ3n) is 2.08. The van der Waals surface area contributed by atoms with E-state index in [-0.39, 0.29) is 25.2 Å². The number of hydrogen-bond donors (Lipinski definition) is 0. The predicted molar refractivity (Wildman–Crippen MR) is 58.0 cm³/mol. The number of aryl methyl sites for hydroxylation is 1. The van der Waals surface area contributed by atoms with Gasteiger partial charge in [-0.1, -0.05) is 0 Å². The molecule has 1 rings (SSSR count). The molecule has 6 heteroatoms. The zero-order chi connectivity index (χ0) is 13.5. The van der Waals surface area contributed by atoms with Crippen LogP contribution in [0.1, 0.15) is 18.9 Å². The number of esters is 1. The van der Waals surface area contributed by atoms with Crippen LogP contribution in [0.15, 0.2) is 18.2 Å². The fourth-order valence-electron chi connectivity index (χ4n) is 1.42. The Morgan fingerprint density at radius 1 is 1.33 bits per heavy atom. The Kier molecular flexibility index (Phi) is 5.48. The highest BCUT2D eigenvalue weighted by molar-refractivity contribution is 5.69. The van der Waals surface area contributed by atoms with Crippen molar-refractivity contribution in [2.75, 3.05) is 6.61 Å². The van der Waals surface area contributed by atoms with Gasteiger partial charge in [0.2, 0.25) is 0 Å². The van der Waals surface area contributed by atoms with Gasteiger partial charge < -0.3 is 9.47 Å². The van der Waals surface area contributed by atoms with Gasteiger partial charge in [0, 0.05) is 12.5 Å². The third-order valence-corrected chi connectivity index (χ3v) is 2.08. The first kappa shape index (κ1) is 14.3. The molecule has 1 aromatic rings. The highest BCUT2D eigenvalue weighted by Gasteiger charge is 2.09. The molecule has 100 valence electrons. The number of halogens is 3. The Bertz CT molecular complexity index is 408. The quantitative estimate of drug-likeness (QED) is 0.739. The molecule has 0 unspecified atom stereocenters. The standard InChI is InChI=1S/C12H13F3O3/c1-2-17-11(16)4-3-8-5-9(13)7-10(6-8)18-12(14)15/h5-7,12H,2-4H2,1H3. The molecule has 0 fully saturated rings. The summed E-state index contributed by atoms with van der Waals surface area (Å²) < 4.78 is 45.9. The van der Waals surface area contributed by atoms with Gasteiger partial charge in [-0.25, -0.2) is 4.39 Å². The van der Waals surface area contributed by atoms with Crippen LogP contribution in [0.2, 0.25) is 0 Å². The van der Waals surface area contributed by atoms with Crippen LogP contribution < -0.4 is 4.74 Å². The maximum atomic E-state index is 13.1. The van der Waals surface area contributed by atoms with Gasteiger partial charge >= 0.3 is 12.6 Å². The highest BCUT2D eigenvalue weighted by Crippen LogP contribution is 2.19. The van der Waals surface area contributed by atoms with E-state index in [4.69, 9.17) is 4.74 Å². The zero-order valence-electron chi connectivity index (χ0n) is 9.79. The number of carbonyl (C=O) groups is 1. The van der Waals surface area contributed by atoms with Gasteiger partial charge in [-0.05, 0) is 31.0 Å². The summed E-state index contributed by atoms with van der Waals surface area (Å²) in [6.07, 6.45) is 0.265. The minimum Gasteiger partial charge on any atom is -0.466 e. The van der Waals surface area contributed by atoms with Gasteiger partial charge in [0.05, 0.1) is 6.61 Å². The molecule has 0 heterocycles. The smallest absolute Gasteiger partial charge is 0.387 e. The van der Waals surface area contributed by atoms with Crippen LogP contribution in [0.4, 0.5) is 13.2 Å². The molecule has 0 radical (unpaired) electrons. The van der Waals surface area contributed by atoms with Gasteiger partial charge in [-0.15, -0.1) is 0 Å². The first-order valence-electron chi connectivity index (χ1n) is 5.41. The molecule has 0 saturated carbocycles. The fourth-order valence-corrected chi connectivity index (χ4v) is 1.42. The first-order valence-corrected chi connectivity index (χ1v) is 5.41. The molecule has 0 atom stereocenters. The molecule has 18 heavy (non-hydrogen) atoms. The predicted octanol–water partition coefficient (Wildman–Crippen LogP) is 2.92. The molecule has 3 nitrogen and oxygen atoms in total. The van der Waals surface area contributed by atoms with Crippen molar-refractivity contribution in [2.24, 2.45) is 0 Å². The van der Waals surface area contributed by atoms with E-state index in [1.54, 1.807) is 6.92 Å².